The van der Waals surface area contributed by atoms with Crippen molar-refractivity contribution in [3.05, 3.63) is 24.3 Å². The summed E-state index contributed by atoms with van der Waals surface area (Å²) in [7, 11) is -2.40. The van der Waals surface area contributed by atoms with E-state index in [1.165, 1.54) is 38.2 Å². The van der Waals surface area contributed by atoms with E-state index in [1.54, 1.807) is 0 Å². The predicted molar refractivity (Wildman–Crippen MR) is 93.1 cm³/mol. The third-order valence-corrected chi connectivity index (χ3v) is 5.42. The zero-order chi connectivity index (χ0) is 18.3. The Morgan fingerprint density at radius 3 is 2.12 bits per heavy atom. The van der Waals surface area contributed by atoms with E-state index < -0.39 is 10.0 Å². The lowest BCUT2D eigenvalue weighted by molar-refractivity contribution is -0.122. The molecule has 0 aliphatic rings. The summed E-state index contributed by atoms with van der Waals surface area (Å²) in [6.07, 6.45) is 1.59. The Balaban J connectivity index is 2.79. The summed E-state index contributed by atoms with van der Waals surface area (Å²) in [5.41, 5.74) is 0.510. The number of hydrogen-bond acceptors (Lipinski definition) is 4. The Morgan fingerprint density at radius 1 is 1.12 bits per heavy atom. The quantitative estimate of drug-likeness (QED) is 0.740. The number of hydrogen-bond donors (Lipinski definition) is 2. The fourth-order valence-electron chi connectivity index (χ4n) is 2.15. The first-order valence-corrected chi connectivity index (χ1v) is 9.28. The van der Waals surface area contributed by atoms with Crippen molar-refractivity contribution in [2.45, 2.75) is 44.6 Å². The largest absolute Gasteiger partial charge is 0.352 e. The molecule has 0 saturated carbocycles. The molecule has 0 bridgehead atoms. The van der Waals surface area contributed by atoms with Gasteiger partial charge in [0.1, 0.15) is 0 Å². The fourth-order valence-corrected chi connectivity index (χ4v) is 3.27. The van der Waals surface area contributed by atoms with E-state index in [0.717, 1.165) is 17.1 Å². The molecule has 134 valence electrons. The molecule has 2 N–H and O–H groups in total. The molecule has 0 unspecified atom stereocenters. The lowest BCUT2D eigenvalue weighted by atomic mass is 10.2. The number of anilines is 1. The Kier molecular flexibility index (Phi) is 7.37. The zero-order valence-electron chi connectivity index (χ0n) is 14.5. The lowest BCUT2D eigenvalue weighted by Crippen LogP contribution is -2.42. The summed E-state index contributed by atoms with van der Waals surface area (Å²) >= 11 is 0. The van der Waals surface area contributed by atoms with Crippen LogP contribution in [0.1, 0.15) is 33.6 Å². The van der Waals surface area contributed by atoms with Gasteiger partial charge >= 0.3 is 0 Å². The van der Waals surface area contributed by atoms with Gasteiger partial charge in [-0.2, -0.15) is 4.31 Å². The highest BCUT2D eigenvalue weighted by Crippen LogP contribution is 2.17. The van der Waals surface area contributed by atoms with Crippen LogP contribution in [0, 0.1) is 0 Å². The van der Waals surface area contributed by atoms with Crippen molar-refractivity contribution in [2.75, 3.05) is 18.9 Å². The minimum absolute atomic E-state index is 0.0468. The minimum atomic E-state index is -3.77. The van der Waals surface area contributed by atoms with Gasteiger partial charge in [0.05, 0.1) is 11.4 Å². The molecule has 0 aliphatic carbocycles. The van der Waals surface area contributed by atoms with Gasteiger partial charge in [0.25, 0.3) is 0 Å². The van der Waals surface area contributed by atoms with Crippen molar-refractivity contribution in [3.8, 4) is 0 Å². The first-order chi connectivity index (χ1) is 11.2. The lowest BCUT2D eigenvalue weighted by Gasteiger charge is -2.20. The van der Waals surface area contributed by atoms with Crippen molar-refractivity contribution in [1.82, 2.24) is 9.62 Å². The number of carbonyl (C=O) groups excluding carboxylic acids is 2. The van der Waals surface area contributed by atoms with Gasteiger partial charge in [0.2, 0.25) is 21.8 Å². The summed E-state index contributed by atoms with van der Waals surface area (Å²) in [6.45, 7) is 5.06. The van der Waals surface area contributed by atoms with Crippen LogP contribution in [0.15, 0.2) is 29.2 Å². The van der Waals surface area contributed by atoms with Crippen LogP contribution >= 0.6 is 0 Å². The predicted octanol–water partition coefficient (Wildman–Crippen LogP) is 1.57. The Morgan fingerprint density at radius 2 is 1.67 bits per heavy atom. The van der Waals surface area contributed by atoms with Gasteiger partial charge in [-0.15, -0.1) is 0 Å². The molecule has 1 rings (SSSR count). The van der Waals surface area contributed by atoms with E-state index in [-0.39, 0.29) is 29.3 Å². The summed E-state index contributed by atoms with van der Waals surface area (Å²) < 4.78 is 26.0. The summed E-state index contributed by atoms with van der Waals surface area (Å²) in [4.78, 5) is 23.0. The summed E-state index contributed by atoms with van der Waals surface area (Å²) in [5.74, 6) is -0.564. The number of carbonyl (C=O) groups is 2. The highest BCUT2D eigenvalue weighted by molar-refractivity contribution is 7.89. The van der Waals surface area contributed by atoms with Crippen LogP contribution in [0.4, 0.5) is 5.69 Å². The van der Waals surface area contributed by atoms with Crippen LogP contribution in [0.5, 0.6) is 0 Å². The fraction of sp³-hybridized carbons (Fsp3) is 0.500. The first kappa shape index (κ1) is 20.1. The third-order valence-electron chi connectivity index (χ3n) is 3.60. The molecule has 0 fully saturated rings. The Hall–Kier alpha value is -1.93. The van der Waals surface area contributed by atoms with E-state index in [2.05, 4.69) is 10.6 Å². The van der Waals surface area contributed by atoms with Crippen molar-refractivity contribution in [3.63, 3.8) is 0 Å². The Labute approximate surface area is 143 Å². The molecule has 0 spiro atoms. The van der Waals surface area contributed by atoms with Gasteiger partial charge in [0, 0.05) is 25.7 Å². The second kappa shape index (κ2) is 8.79. The van der Waals surface area contributed by atoms with Gasteiger partial charge in [-0.05, 0) is 37.1 Å². The number of benzene rings is 1. The monoisotopic (exact) mass is 355 g/mol. The maximum absolute atomic E-state index is 12.5. The van der Waals surface area contributed by atoms with Crippen LogP contribution in [-0.4, -0.2) is 44.2 Å². The minimum Gasteiger partial charge on any atom is -0.352 e. The van der Waals surface area contributed by atoms with E-state index in [9.17, 15) is 18.0 Å². The normalized spacial score (nSPS) is 11.6. The van der Waals surface area contributed by atoms with Crippen molar-refractivity contribution in [2.24, 2.45) is 0 Å². The Bertz CT molecular complexity index is 667. The molecule has 1 aromatic carbocycles. The van der Waals surface area contributed by atoms with Gasteiger partial charge in [-0.1, -0.05) is 13.8 Å². The molecule has 0 aromatic heterocycles. The number of amides is 2. The third kappa shape index (κ3) is 5.61. The van der Waals surface area contributed by atoms with Gasteiger partial charge in [-0.25, -0.2) is 8.42 Å². The van der Waals surface area contributed by atoms with Gasteiger partial charge < -0.3 is 10.6 Å². The van der Waals surface area contributed by atoms with Crippen molar-refractivity contribution in [1.29, 1.82) is 0 Å². The maximum atomic E-state index is 12.5. The van der Waals surface area contributed by atoms with E-state index in [0.29, 0.717) is 5.69 Å². The maximum Gasteiger partial charge on any atom is 0.243 e. The number of likely N-dealkylation sites (N-methyl/N-ethyl adjacent to an activating group) is 1. The van der Waals surface area contributed by atoms with Crippen molar-refractivity contribution >= 4 is 27.5 Å². The highest BCUT2D eigenvalue weighted by Gasteiger charge is 2.23. The number of nitrogens with one attached hydrogen (secondary N) is 2. The number of nitrogens with zero attached hydrogens (tertiary/aromatic N) is 1. The molecule has 0 radical (unpaired) electrons. The molecule has 1 aromatic rings. The molecule has 2 amide bonds. The molecular formula is C16H25N3O4S. The summed E-state index contributed by atoms with van der Waals surface area (Å²) in [6, 6.07) is 5.86. The smallest absolute Gasteiger partial charge is 0.243 e. The molecular weight excluding hydrogens is 330 g/mol. The molecule has 0 heterocycles. The second-order valence-electron chi connectivity index (χ2n) is 5.55. The van der Waals surface area contributed by atoms with E-state index in [4.69, 9.17) is 0 Å². The summed E-state index contributed by atoms with van der Waals surface area (Å²) in [5, 5.41) is 5.38. The second-order valence-corrected chi connectivity index (χ2v) is 7.59. The standard InChI is InChI=1S/C16H25N3O4S/c1-5-13(6-2)18-16(21)11-19(4)24(22,23)15-9-7-14(8-10-15)17-12(3)20/h7-10,13H,5-6,11H2,1-4H3,(H,17,20)(H,18,21). The van der Waals surface area contributed by atoms with Crippen LogP contribution in [-0.2, 0) is 19.6 Å². The SMILES string of the molecule is CCC(CC)NC(=O)CN(C)S(=O)(=O)c1ccc(NC(C)=O)cc1. The average Bonchev–Trinajstić information content (AvgIpc) is 2.52. The molecule has 0 saturated heterocycles. The molecule has 7 nitrogen and oxygen atoms in total. The van der Waals surface area contributed by atoms with Gasteiger partial charge in [0.15, 0.2) is 0 Å². The number of rotatable bonds is 8. The van der Waals surface area contributed by atoms with E-state index in [1.807, 2.05) is 13.8 Å². The molecule has 0 atom stereocenters. The van der Waals surface area contributed by atoms with Crippen LogP contribution in [0.25, 0.3) is 0 Å². The van der Waals surface area contributed by atoms with Crippen LogP contribution in [0.2, 0.25) is 0 Å². The zero-order valence-corrected chi connectivity index (χ0v) is 15.3. The van der Waals surface area contributed by atoms with Crippen LogP contribution < -0.4 is 10.6 Å². The van der Waals surface area contributed by atoms with Crippen LogP contribution in [0.3, 0.4) is 0 Å². The van der Waals surface area contributed by atoms with Gasteiger partial charge in [-0.3, -0.25) is 9.59 Å². The first-order valence-electron chi connectivity index (χ1n) is 7.84. The molecule has 8 heteroatoms. The highest BCUT2D eigenvalue weighted by atomic mass is 32.2. The molecule has 0 aliphatic heterocycles. The topological polar surface area (TPSA) is 95.6 Å². The number of sulfonamides is 1. The van der Waals surface area contributed by atoms with E-state index >= 15 is 0 Å². The van der Waals surface area contributed by atoms with Crippen molar-refractivity contribution < 1.29 is 18.0 Å². The average molecular weight is 355 g/mol. The molecule has 24 heavy (non-hydrogen) atoms.